The molecule has 3 rings (SSSR count). The quantitative estimate of drug-likeness (QED) is 0.853. The van der Waals surface area contributed by atoms with Crippen LogP contribution in [0.2, 0.25) is 0 Å². The number of amides is 3. The second-order valence-electron chi connectivity index (χ2n) is 6.93. The van der Waals surface area contributed by atoms with Gasteiger partial charge in [-0.05, 0) is 37.3 Å². The van der Waals surface area contributed by atoms with Crippen molar-refractivity contribution in [1.29, 1.82) is 0 Å². The zero-order valence-corrected chi connectivity index (χ0v) is 14.6. The largest absolute Gasteiger partial charge is 0.351 e. The first-order valence-corrected chi connectivity index (χ1v) is 8.95. The van der Waals surface area contributed by atoms with E-state index in [1.54, 1.807) is 0 Å². The molecule has 2 N–H and O–H groups in total. The summed E-state index contributed by atoms with van der Waals surface area (Å²) in [6.07, 6.45) is 2.93. The molecule has 1 atom stereocenters. The first-order chi connectivity index (χ1) is 12.0. The highest BCUT2D eigenvalue weighted by Crippen LogP contribution is 2.15. The van der Waals surface area contributed by atoms with Gasteiger partial charge in [0, 0.05) is 25.6 Å². The monoisotopic (exact) mass is 343 g/mol. The van der Waals surface area contributed by atoms with Crippen LogP contribution in [0.3, 0.4) is 0 Å². The van der Waals surface area contributed by atoms with E-state index in [0.29, 0.717) is 32.4 Å². The molecular weight excluding hydrogens is 318 g/mol. The standard InChI is InChI=1S/C19H25N3O3/c1-13-4-2-3-5-14(13)12-18(24)22-10-8-15(9-11-22)20-19(25)16-6-7-17(23)21-16/h2-5,15-16H,6-12H2,1H3,(H,20,25)(H,21,23). The summed E-state index contributed by atoms with van der Waals surface area (Å²) in [5.74, 6) is -0.0190. The highest BCUT2D eigenvalue weighted by Gasteiger charge is 2.30. The molecule has 0 saturated carbocycles. The van der Waals surface area contributed by atoms with Crippen LogP contribution in [0, 0.1) is 6.92 Å². The van der Waals surface area contributed by atoms with Gasteiger partial charge in [0.2, 0.25) is 17.7 Å². The van der Waals surface area contributed by atoms with Crippen LogP contribution in [-0.2, 0) is 20.8 Å². The average molecular weight is 343 g/mol. The minimum Gasteiger partial charge on any atom is -0.351 e. The highest BCUT2D eigenvalue weighted by atomic mass is 16.2. The van der Waals surface area contributed by atoms with E-state index < -0.39 is 6.04 Å². The highest BCUT2D eigenvalue weighted by molar-refractivity contribution is 5.90. The summed E-state index contributed by atoms with van der Waals surface area (Å²) in [4.78, 5) is 37.7. The molecule has 0 bridgehead atoms. The van der Waals surface area contributed by atoms with Crippen molar-refractivity contribution < 1.29 is 14.4 Å². The fourth-order valence-electron chi connectivity index (χ4n) is 3.47. The van der Waals surface area contributed by atoms with Gasteiger partial charge in [-0.3, -0.25) is 14.4 Å². The number of carbonyl (C=O) groups excluding carboxylic acids is 3. The van der Waals surface area contributed by atoms with Crippen LogP contribution < -0.4 is 10.6 Å². The first kappa shape index (κ1) is 17.5. The minimum absolute atomic E-state index is 0.0585. The molecule has 2 aliphatic rings. The number of hydrogen-bond donors (Lipinski definition) is 2. The summed E-state index contributed by atoms with van der Waals surface area (Å²) in [6.45, 7) is 3.34. The van der Waals surface area contributed by atoms with Crippen molar-refractivity contribution >= 4 is 17.7 Å². The van der Waals surface area contributed by atoms with E-state index in [0.717, 1.165) is 24.0 Å². The van der Waals surface area contributed by atoms with Gasteiger partial charge in [-0.25, -0.2) is 0 Å². The Kier molecular flexibility index (Phi) is 5.36. The molecule has 0 aliphatic carbocycles. The Morgan fingerprint density at radius 1 is 1.20 bits per heavy atom. The minimum atomic E-state index is -0.395. The molecule has 2 saturated heterocycles. The molecule has 0 spiro atoms. The Morgan fingerprint density at radius 2 is 1.92 bits per heavy atom. The maximum absolute atomic E-state index is 12.5. The Bertz CT molecular complexity index is 666. The lowest BCUT2D eigenvalue weighted by atomic mass is 10.0. The van der Waals surface area contributed by atoms with E-state index in [1.807, 2.05) is 36.1 Å². The summed E-state index contributed by atoms with van der Waals surface area (Å²) < 4.78 is 0. The molecule has 0 radical (unpaired) electrons. The normalized spacial score (nSPS) is 21.1. The number of nitrogens with zero attached hydrogens (tertiary/aromatic N) is 1. The summed E-state index contributed by atoms with van der Waals surface area (Å²) >= 11 is 0. The van der Waals surface area contributed by atoms with Crippen LogP contribution in [0.5, 0.6) is 0 Å². The SMILES string of the molecule is Cc1ccccc1CC(=O)N1CCC(NC(=O)C2CCC(=O)N2)CC1. The first-order valence-electron chi connectivity index (χ1n) is 8.95. The summed E-state index contributed by atoms with van der Waals surface area (Å²) in [6, 6.07) is 7.63. The van der Waals surface area contributed by atoms with Crippen LogP contribution in [0.4, 0.5) is 0 Å². The van der Waals surface area contributed by atoms with E-state index in [9.17, 15) is 14.4 Å². The molecule has 134 valence electrons. The van der Waals surface area contributed by atoms with Crippen LogP contribution >= 0.6 is 0 Å². The van der Waals surface area contributed by atoms with Gasteiger partial charge in [0.15, 0.2) is 0 Å². The molecule has 25 heavy (non-hydrogen) atoms. The van der Waals surface area contributed by atoms with Gasteiger partial charge in [-0.2, -0.15) is 0 Å². The Hall–Kier alpha value is -2.37. The van der Waals surface area contributed by atoms with Crippen molar-refractivity contribution in [3.05, 3.63) is 35.4 Å². The molecule has 0 aromatic heterocycles. The third-order valence-corrected chi connectivity index (χ3v) is 5.11. The van der Waals surface area contributed by atoms with E-state index in [2.05, 4.69) is 10.6 Å². The van der Waals surface area contributed by atoms with Gasteiger partial charge in [-0.15, -0.1) is 0 Å². The van der Waals surface area contributed by atoms with Gasteiger partial charge < -0.3 is 15.5 Å². The van der Waals surface area contributed by atoms with Crippen molar-refractivity contribution in [2.45, 2.75) is 51.1 Å². The number of carbonyl (C=O) groups is 3. The Labute approximate surface area is 148 Å². The van der Waals surface area contributed by atoms with E-state index in [4.69, 9.17) is 0 Å². The van der Waals surface area contributed by atoms with Crippen molar-refractivity contribution in [2.75, 3.05) is 13.1 Å². The number of likely N-dealkylation sites (tertiary alicyclic amines) is 1. The molecule has 6 nitrogen and oxygen atoms in total. The van der Waals surface area contributed by atoms with Crippen molar-refractivity contribution in [3.8, 4) is 0 Å². The zero-order chi connectivity index (χ0) is 17.8. The van der Waals surface area contributed by atoms with Crippen LogP contribution in [0.15, 0.2) is 24.3 Å². The summed E-state index contributed by atoms with van der Waals surface area (Å²) in [5, 5.41) is 5.70. The van der Waals surface area contributed by atoms with Crippen LogP contribution in [-0.4, -0.2) is 47.8 Å². The molecule has 1 aromatic rings. The number of benzene rings is 1. The maximum atomic E-state index is 12.5. The molecule has 2 aliphatic heterocycles. The van der Waals surface area contributed by atoms with E-state index >= 15 is 0 Å². The van der Waals surface area contributed by atoms with E-state index in [1.165, 1.54) is 0 Å². The van der Waals surface area contributed by atoms with Gasteiger partial charge in [0.1, 0.15) is 6.04 Å². The van der Waals surface area contributed by atoms with Crippen molar-refractivity contribution in [2.24, 2.45) is 0 Å². The topological polar surface area (TPSA) is 78.5 Å². The van der Waals surface area contributed by atoms with Gasteiger partial charge in [0.05, 0.1) is 6.42 Å². The molecule has 2 heterocycles. The Balaban J connectivity index is 1.45. The number of nitrogens with one attached hydrogen (secondary N) is 2. The predicted octanol–water partition coefficient (Wildman–Crippen LogP) is 0.923. The lowest BCUT2D eigenvalue weighted by Crippen LogP contribution is -2.50. The van der Waals surface area contributed by atoms with Crippen molar-refractivity contribution in [1.82, 2.24) is 15.5 Å². The second kappa shape index (κ2) is 7.68. The third kappa shape index (κ3) is 4.38. The third-order valence-electron chi connectivity index (χ3n) is 5.11. The fraction of sp³-hybridized carbons (Fsp3) is 0.526. The summed E-state index contributed by atoms with van der Waals surface area (Å²) in [5.41, 5.74) is 2.21. The van der Waals surface area contributed by atoms with E-state index in [-0.39, 0.29) is 23.8 Å². The van der Waals surface area contributed by atoms with Crippen LogP contribution in [0.1, 0.15) is 36.8 Å². The number of rotatable bonds is 4. The lowest BCUT2D eigenvalue weighted by Gasteiger charge is -2.33. The molecular formula is C19H25N3O3. The molecule has 2 fully saturated rings. The molecule has 6 heteroatoms. The second-order valence-corrected chi connectivity index (χ2v) is 6.93. The fourth-order valence-corrected chi connectivity index (χ4v) is 3.47. The van der Waals surface area contributed by atoms with Crippen molar-refractivity contribution in [3.63, 3.8) is 0 Å². The smallest absolute Gasteiger partial charge is 0.242 e. The number of aryl methyl sites for hydroxylation is 1. The van der Waals surface area contributed by atoms with Crippen LogP contribution in [0.25, 0.3) is 0 Å². The molecule has 1 unspecified atom stereocenters. The van der Waals surface area contributed by atoms with Gasteiger partial charge in [-0.1, -0.05) is 24.3 Å². The molecule has 1 aromatic carbocycles. The van der Waals surface area contributed by atoms with Gasteiger partial charge >= 0.3 is 0 Å². The Morgan fingerprint density at radius 3 is 2.56 bits per heavy atom. The summed E-state index contributed by atoms with van der Waals surface area (Å²) in [7, 11) is 0. The number of hydrogen-bond acceptors (Lipinski definition) is 3. The molecule has 3 amide bonds. The maximum Gasteiger partial charge on any atom is 0.242 e. The average Bonchev–Trinajstić information content (AvgIpc) is 3.04. The lowest BCUT2D eigenvalue weighted by molar-refractivity contribution is -0.132. The van der Waals surface area contributed by atoms with Gasteiger partial charge in [0.25, 0.3) is 0 Å². The predicted molar refractivity (Wildman–Crippen MR) is 93.8 cm³/mol. The number of piperidine rings is 1. The zero-order valence-electron chi connectivity index (χ0n) is 14.6.